The molecule has 2 aromatic carbocycles. The zero-order chi connectivity index (χ0) is 19.3. The lowest BCUT2D eigenvalue weighted by Gasteiger charge is -2.16. The van der Waals surface area contributed by atoms with E-state index in [1.54, 1.807) is 30.3 Å². The number of anilines is 1. The van der Waals surface area contributed by atoms with Gasteiger partial charge in [0.05, 0.1) is 0 Å². The zero-order valence-electron chi connectivity index (χ0n) is 14.5. The summed E-state index contributed by atoms with van der Waals surface area (Å²) in [6, 6.07) is 17.5. The Kier molecular flexibility index (Phi) is 5.94. The Balaban J connectivity index is 1.73. The third-order valence-electron chi connectivity index (χ3n) is 3.80. The molecule has 9 heteroatoms. The Morgan fingerprint density at radius 2 is 1.67 bits per heavy atom. The fourth-order valence-corrected chi connectivity index (χ4v) is 4.66. The molecular weight excluding hydrogens is 384 g/mol. The van der Waals surface area contributed by atoms with Crippen LogP contribution in [0.15, 0.2) is 65.0 Å². The van der Waals surface area contributed by atoms with Gasteiger partial charge in [-0.25, -0.2) is 13.1 Å². The van der Waals surface area contributed by atoms with E-state index in [1.165, 1.54) is 0 Å². The molecule has 0 bridgehead atoms. The summed E-state index contributed by atoms with van der Waals surface area (Å²) in [7, 11) is -3.86. The number of nitrogens with one attached hydrogen (secondary N) is 2. The molecule has 0 radical (unpaired) electrons. The quantitative estimate of drug-likeness (QED) is 0.591. The monoisotopic (exact) mass is 402 g/mol. The van der Waals surface area contributed by atoms with Crippen LogP contribution in [0.4, 0.5) is 5.13 Å². The third-order valence-corrected chi connectivity index (χ3v) is 6.48. The number of nitrogens with zero attached hydrogens (tertiary/aromatic N) is 2. The molecule has 1 heterocycles. The number of rotatable bonds is 7. The lowest BCUT2D eigenvalue weighted by atomic mass is 10.1. The van der Waals surface area contributed by atoms with Gasteiger partial charge >= 0.3 is 0 Å². The molecule has 1 atom stereocenters. The Morgan fingerprint density at radius 1 is 1.04 bits per heavy atom. The minimum Gasteiger partial charge on any atom is -0.296 e. The first-order valence-electron chi connectivity index (χ1n) is 8.27. The topological polar surface area (TPSA) is 101 Å². The predicted octanol–water partition coefficient (Wildman–Crippen LogP) is 3.22. The van der Waals surface area contributed by atoms with Gasteiger partial charge in [-0.2, -0.15) is 0 Å². The van der Waals surface area contributed by atoms with E-state index in [2.05, 4.69) is 20.2 Å². The van der Waals surface area contributed by atoms with Gasteiger partial charge in [-0.05, 0) is 24.1 Å². The van der Waals surface area contributed by atoms with E-state index in [4.69, 9.17) is 0 Å². The van der Waals surface area contributed by atoms with Crippen LogP contribution in [0.3, 0.4) is 0 Å². The van der Waals surface area contributed by atoms with Crippen molar-refractivity contribution >= 4 is 32.4 Å². The molecule has 0 aliphatic rings. The lowest BCUT2D eigenvalue weighted by Crippen LogP contribution is -2.28. The molecule has 0 spiro atoms. The highest BCUT2D eigenvalue weighted by atomic mass is 32.2. The van der Waals surface area contributed by atoms with E-state index in [0.29, 0.717) is 12.0 Å². The smallest absolute Gasteiger partial charge is 0.270 e. The van der Waals surface area contributed by atoms with E-state index in [9.17, 15) is 13.2 Å². The number of aromatic nitrogens is 2. The average molecular weight is 403 g/mol. The molecule has 0 saturated carbocycles. The van der Waals surface area contributed by atoms with Crippen LogP contribution in [0.25, 0.3) is 0 Å². The van der Waals surface area contributed by atoms with Crippen LogP contribution in [-0.2, 0) is 10.0 Å². The van der Waals surface area contributed by atoms with Gasteiger partial charge < -0.3 is 0 Å². The summed E-state index contributed by atoms with van der Waals surface area (Å²) in [5.41, 5.74) is 1.32. The number of sulfonamides is 1. The van der Waals surface area contributed by atoms with Gasteiger partial charge in [-0.1, -0.05) is 66.8 Å². The van der Waals surface area contributed by atoms with Crippen LogP contribution in [0.1, 0.15) is 35.3 Å². The second-order valence-corrected chi connectivity index (χ2v) is 8.55. The summed E-state index contributed by atoms with van der Waals surface area (Å²) in [5.74, 6) is -0.376. The maximum absolute atomic E-state index is 12.6. The molecule has 27 heavy (non-hydrogen) atoms. The molecule has 0 saturated heterocycles. The molecule has 140 valence electrons. The first-order valence-corrected chi connectivity index (χ1v) is 10.6. The van der Waals surface area contributed by atoms with Crippen molar-refractivity contribution in [3.05, 3.63) is 71.8 Å². The summed E-state index contributed by atoms with van der Waals surface area (Å²) in [4.78, 5) is 12.1. The van der Waals surface area contributed by atoms with E-state index >= 15 is 0 Å². The molecule has 1 amide bonds. The Bertz CT molecular complexity index is 1010. The molecule has 1 aromatic heterocycles. The fraction of sp³-hybridized carbons (Fsp3) is 0.167. The highest BCUT2D eigenvalue weighted by Crippen LogP contribution is 2.24. The highest BCUT2D eigenvalue weighted by molar-refractivity contribution is 7.91. The van der Waals surface area contributed by atoms with Crippen molar-refractivity contribution in [2.75, 3.05) is 5.32 Å². The van der Waals surface area contributed by atoms with Gasteiger partial charge in [0.2, 0.25) is 9.47 Å². The predicted molar refractivity (Wildman–Crippen MR) is 104 cm³/mol. The number of amides is 1. The molecule has 0 aliphatic carbocycles. The second-order valence-electron chi connectivity index (χ2n) is 5.69. The zero-order valence-corrected chi connectivity index (χ0v) is 16.1. The van der Waals surface area contributed by atoms with Crippen molar-refractivity contribution in [1.82, 2.24) is 14.9 Å². The minimum absolute atomic E-state index is 0.122. The molecule has 3 aromatic rings. The molecule has 2 N–H and O–H groups in total. The summed E-state index contributed by atoms with van der Waals surface area (Å²) >= 11 is 0.806. The molecule has 0 aliphatic heterocycles. The molecule has 0 fully saturated rings. The molecular formula is C18H18N4O3S2. The lowest BCUT2D eigenvalue weighted by molar-refractivity contribution is 0.102. The van der Waals surface area contributed by atoms with Gasteiger partial charge in [-0.15, -0.1) is 10.2 Å². The Morgan fingerprint density at radius 3 is 2.30 bits per heavy atom. The maximum Gasteiger partial charge on any atom is 0.270 e. The Hall–Kier alpha value is -2.62. The van der Waals surface area contributed by atoms with Gasteiger partial charge in [-0.3, -0.25) is 10.1 Å². The second kappa shape index (κ2) is 8.38. The molecule has 0 unspecified atom stereocenters. The van der Waals surface area contributed by atoms with E-state index < -0.39 is 10.0 Å². The molecule has 3 rings (SSSR count). The summed E-state index contributed by atoms with van der Waals surface area (Å²) < 4.78 is 27.7. The van der Waals surface area contributed by atoms with Gasteiger partial charge in [0.15, 0.2) is 0 Å². The Labute approximate surface area is 161 Å². The maximum atomic E-state index is 12.6. The van der Waals surface area contributed by atoms with E-state index in [0.717, 1.165) is 16.9 Å². The van der Waals surface area contributed by atoms with Crippen LogP contribution in [0.5, 0.6) is 0 Å². The number of benzene rings is 2. The number of hydrogen-bond donors (Lipinski definition) is 2. The van der Waals surface area contributed by atoms with Gasteiger partial charge in [0.25, 0.3) is 15.9 Å². The van der Waals surface area contributed by atoms with Crippen LogP contribution in [0, 0.1) is 0 Å². The number of hydrogen-bond acceptors (Lipinski definition) is 6. The van der Waals surface area contributed by atoms with Crippen molar-refractivity contribution in [1.29, 1.82) is 0 Å². The summed E-state index contributed by atoms with van der Waals surface area (Å²) in [5, 5.41) is 10.2. The van der Waals surface area contributed by atoms with Gasteiger partial charge in [0, 0.05) is 11.6 Å². The van der Waals surface area contributed by atoms with E-state index in [-0.39, 0.29) is 21.4 Å². The van der Waals surface area contributed by atoms with Crippen molar-refractivity contribution < 1.29 is 13.2 Å². The van der Waals surface area contributed by atoms with Crippen molar-refractivity contribution in [3.63, 3.8) is 0 Å². The van der Waals surface area contributed by atoms with Gasteiger partial charge in [0.1, 0.15) is 0 Å². The van der Waals surface area contributed by atoms with Crippen molar-refractivity contribution in [2.24, 2.45) is 0 Å². The first-order chi connectivity index (χ1) is 13.0. The van der Waals surface area contributed by atoms with Crippen molar-refractivity contribution in [3.8, 4) is 0 Å². The summed E-state index contributed by atoms with van der Waals surface area (Å²) in [6.07, 6.45) is 0.583. The highest BCUT2D eigenvalue weighted by Gasteiger charge is 2.25. The van der Waals surface area contributed by atoms with E-state index in [1.807, 2.05) is 37.3 Å². The average Bonchev–Trinajstić information content (AvgIpc) is 3.17. The molecule has 7 nitrogen and oxygen atoms in total. The van der Waals surface area contributed by atoms with Crippen LogP contribution in [0.2, 0.25) is 0 Å². The normalized spacial score (nSPS) is 12.5. The number of carbonyl (C=O) groups excluding carboxylic acids is 1. The third kappa shape index (κ3) is 4.76. The minimum atomic E-state index is -3.86. The van der Waals surface area contributed by atoms with Crippen LogP contribution in [-0.4, -0.2) is 24.5 Å². The largest absolute Gasteiger partial charge is 0.296 e. The van der Waals surface area contributed by atoms with Crippen LogP contribution < -0.4 is 10.0 Å². The summed E-state index contributed by atoms with van der Waals surface area (Å²) in [6.45, 7) is 1.89. The fourth-order valence-electron chi connectivity index (χ4n) is 2.44. The number of carbonyl (C=O) groups is 1. The van der Waals surface area contributed by atoms with Crippen LogP contribution >= 0.6 is 11.3 Å². The first kappa shape index (κ1) is 19.2. The SMILES string of the molecule is CC[C@@H](NS(=O)(=O)c1nnc(NC(=O)c2ccccc2)s1)c1ccccc1. The van der Waals surface area contributed by atoms with Crippen molar-refractivity contribution in [2.45, 2.75) is 23.7 Å². The standard InChI is InChI=1S/C18H18N4O3S2/c1-2-15(13-9-5-3-6-10-13)22-27(24,25)18-21-20-17(26-18)19-16(23)14-11-7-4-8-12-14/h3-12,15,22H,2H2,1H3,(H,19,20,23)/t15-/m1/s1.